The monoisotopic (exact) mass is 253 g/mol. The summed E-state index contributed by atoms with van der Waals surface area (Å²) in [6.45, 7) is 1.04. The number of ether oxygens (including phenoxy) is 1. The molecule has 0 amide bonds. The van der Waals surface area contributed by atoms with E-state index in [0.717, 1.165) is 13.0 Å². The first-order valence-corrected chi connectivity index (χ1v) is 6.46. The highest BCUT2D eigenvalue weighted by atomic mass is 19.4. The average Bonchev–Trinajstić information content (AvgIpc) is 2.28. The zero-order valence-electron chi connectivity index (χ0n) is 10.2. The Balaban J connectivity index is 1.84. The molecule has 1 saturated carbocycles. The van der Waals surface area contributed by atoms with Gasteiger partial charge in [0.15, 0.2) is 0 Å². The van der Waals surface area contributed by atoms with Gasteiger partial charge in [0, 0.05) is 12.6 Å². The summed E-state index contributed by atoms with van der Waals surface area (Å²) >= 11 is 0. The fourth-order valence-corrected chi connectivity index (χ4v) is 2.08. The van der Waals surface area contributed by atoms with Crippen molar-refractivity contribution in [1.82, 2.24) is 5.32 Å². The smallest absolute Gasteiger partial charge is 0.381 e. The maximum atomic E-state index is 11.8. The molecule has 5 heteroatoms. The summed E-state index contributed by atoms with van der Waals surface area (Å²) in [6.07, 6.45) is 2.22. The maximum absolute atomic E-state index is 11.8. The van der Waals surface area contributed by atoms with Gasteiger partial charge in [-0.25, -0.2) is 0 Å². The first-order chi connectivity index (χ1) is 8.08. The van der Waals surface area contributed by atoms with E-state index >= 15 is 0 Å². The average molecular weight is 253 g/mol. The van der Waals surface area contributed by atoms with Gasteiger partial charge in [0.1, 0.15) is 0 Å². The van der Waals surface area contributed by atoms with Gasteiger partial charge in [-0.05, 0) is 25.8 Å². The Morgan fingerprint density at radius 2 is 1.76 bits per heavy atom. The molecule has 0 heterocycles. The normalized spacial score (nSPS) is 18.5. The van der Waals surface area contributed by atoms with Crippen molar-refractivity contribution in [3.8, 4) is 0 Å². The van der Waals surface area contributed by atoms with Gasteiger partial charge in [0.25, 0.3) is 0 Å². The summed E-state index contributed by atoms with van der Waals surface area (Å²) in [5.41, 5.74) is 0. The van der Waals surface area contributed by atoms with E-state index in [1.54, 1.807) is 0 Å². The van der Waals surface area contributed by atoms with Crippen LogP contribution < -0.4 is 5.32 Å². The molecule has 0 aromatic carbocycles. The number of halogens is 3. The molecule has 0 unspecified atom stereocenters. The van der Waals surface area contributed by atoms with Crippen molar-refractivity contribution < 1.29 is 17.9 Å². The third-order valence-corrected chi connectivity index (χ3v) is 3.03. The highest BCUT2D eigenvalue weighted by Crippen LogP contribution is 2.19. The molecule has 2 nitrogen and oxygen atoms in total. The molecule has 1 aliphatic rings. The van der Waals surface area contributed by atoms with Crippen LogP contribution in [0, 0.1) is 0 Å². The Labute approximate surface area is 101 Å². The van der Waals surface area contributed by atoms with Gasteiger partial charge in [-0.1, -0.05) is 19.3 Å². The van der Waals surface area contributed by atoms with Crippen LogP contribution in [0.3, 0.4) is 0 Å². The molecule has 0 bridgehead atoms. The van der Waals surface area contributed by atoms with Crippen molar-refractivity contribution in [2.45, 2.75) is 57.2 Å². The fraction of sp³-hybridized carbons (Fsp3) is 1.00. The number of alkyl halides is 3. The minimum atomic E-state index is -4.10. The van der Waals surface area contributed by atoms with Gasteiger partial charge in [0.2, 0.25) is 0 Å². The highest BCUT2D eigenvalue weighted by molar-refractivity contribution is 4.71. The van der Waals surface area contributed by atoms with E-state index in [9.17, 15) is 13.2 Å². The van der Waals surface area contributed by atoms with Crippen molar-refractivity contribution >= 4 is 0 Å². The van der Waals surface area contributed by atoms with E-state index in [2.05, 4.69) is 5.32 Å². The minimum Gasteiger partial charge on any atom is -0.381 e. The summed E-state index contributed by atoms with van der Waals surface area (Å²) in [5, 5.41) is 3.43. The molecule has 102 valence electrons. The molecule has 1 fully saturated rings. The first kappa shape index (κ1) is 14.8. The Hall–Kier alpha value is -0.290. The molecule has 0 aromatic rings. The molecule has 0 aromatic heterocycles. The van der Waals surface area contributed by atoms with Crippen molar-refractivity contribution in [2.75, 3.05) is 19.8 Å². The Morgan fingerprint density at radius 3 is 2.41 bits per heavy atom. The number of hydrogen-bond acceptors (Lipinski definition) is 2. The predicted molar refractivity (Wildman–Crippen MR) is 61.0 cm³/mol. The van der Waals surface area contributed by atoms with Crippen LogP contribution in [0.15, 0.2) is 0 Å². The van der Waals surface area contributed by atoms with Crippen LogP contribution in [0.5, 0.6) is 0 Å². The molecule has 0 atom stereocenters. The number of nitrogens with one attached hydrogen (secondary N) is 1. The van der Waals surface area contributed by atoms with Crippen LogP contribution in [0.4, 0.5) is 13.2 Å². The molecular weight excluding hydrogens is 231 g/mol. The lowest BCUT2D eigenvalue weighted by Gasteiger charge is -2.22. The second-order valence-corrected chi connectivity index (χ2v) is 4.62. The Bertz CT molecular complexity index is 191. The molecule has 0 aliphatic heterocycles. The summed E-state index contributed by atoms with van der Waals surface area (Å²) in [6, 6.07) is 0.610. The second-order valence-electron chi connectivity index (χ2n) is 4.62. The number of rotatable bonds is 7. The van der Waals surface area contributed by atoms with Crippen LogP contribution in [0.2, 0.25) is 0 Å². The third kappa shape index (κ3) is 8.44. The summed E-state index contributed by atoms with van der Waals surface area (Å²) < 4.78 is 40.3. The van der Waals surface area contributed by atoms with Gasteiger partial charge in [-0.2, -0.15) is 13.2 Å². The molecule has 0 spiro atoms. The SMILES string of the molecule is FC(F)(F)CCOCCCNC1CCCCC1. The van der Waals surface area contributed by atoms with Crippen LogP contribution in [0.1, 0.15) is 44.9 Å². The topological polar surface area (TPSA) is 21.3 Å². The quantitative estimate of drug-likeness (QED) is 0.703. The van der Waals surface area contributed by atoms with Crippen LogP contribution in [-0.4, -0.2) is 32.0 Å². The van der Waals surface area contributed by atoms with E-state index in [4.69, 9.17) is 4.74 Å². The largest absolute Gasteiger partial charge is 0.391 e. The van der Waals surface area contributed by atoms with E-state index in [-0.39, 0.29) is 6.61 Å². The third-order valence-electron chi connectivity index (χ3n) is 3.03. The van der Waals surface area contributed by atoms with E-state index in [1.165, 1.54) is 32.1 Å². The van der Waals surface area contributed by atoms with Gasteiger partial charge < -0.3 is 10.1 Å². The summed E-state index contributed by atoms with van der Waals surface area (Å²) in [7, 11) is 0. The first-order valence-electron chi connectivity index (χ1n) is 6.46. The molecule has 1 aliphatic carbocycles. The van der Waals surface area contributed by atoms with Crippen molar-refractivity contribution in [1.29, 1.82) is 0 Å². The van der Waals surface area contributed by atoms with Gasteiger partial charge in [-0.15, -0.1) is 0 Å². The molecule has 0 radical (unpaired) electrons. The fourth-order valence-electron chi connectivity index (χ4n) is 2.08. The number of hydrogen-bond donors (Lipinski definition) is 1. The van der Waals surface area contributed by atoms with Crippen LogP contribution in [-0.2, 0) is 4.74 Å². The predicted octanol–water partition coefficient (Wildman–Crippen LogP) is 3.27. The van der Waals surface area contributed by atoms with Crippen LogP contribution in [0.25, 0.3) is 0 Å². The molecule has 1 rings (SSSR count). The lowest BCUT2D eigenvalue weighted by Crippen LogP contribution is -2.32. The van der Waals surface area contributed by atoms with E-state index in [1.807, 2.05) is 0 Å². The summed E-state index contributed by atoms with van der Waals surface area (Å²) in [4.78, 5) is 0. The van der Waals surface area contributed by atoms with Gasteiger partial charge in [0.05, 0.1) is 13.0 Å². The van der Waals surface area contributed by atoms with Crippen molar-refractivity contribution in [3.05, 3.63) is 0 Å². The highest BCUT2D eigenvalue weighted by Gasteiger charge is 2.26. The van der Waals surface area contributed by atoms with E-state index in [0.29, 0.717) is 12.6 Å². The molecule has 0 saturated heterocycles. The Morgan fingerprint density at radius 1 is 1.06 bits per heavy atom. The molecule has 17 heavy (non-hydrogen) atoms. The van der Waals surface area contributed by atoms with Crippen molar-refractivity contribution in [3.63, 3.8) is 0 Å². The van der Waals surface area contributed by atoms with Crippen molar-refractivity contribution in [2.24, 2.45) is 0 Å². The molecular formula is C12H22F3NO. The maximum Gasteiger partial charge on any atom is 0.391 e. The lowest BCUT2D eigenvalue weighted by molar-refractivity contribution is -0.145. The van der Waals surface area contributed by atoms with Gasteiger partial charge >= 0.3 is 6.18 Å². The standard InChI is InChI=1S/C12H22F3NO/c13-12(14,15)7-10-17-9-4-8-16-11-5-2-1-3-6-11/h11,16H,1-10H2. The molecule has 1 N–H and O–H groups in total. The minimum absolute atomic E-state index is 0.215. The van der Waals surface area contributed by atoms with Crippen LogP contribution >= 0.6 is 0 Å². The summed E-state index contributed by atoms with van der Waals surface area (Å²) in [5.74, 6) is 0. The zero-order chi connectivity index (χ0) is 12.6. The lowest BCUT2D eigenvalue weighted by atomic mass is 9.95. The zero-order valence-corrected chi connectivity index (χ0v) is 10.2. The second kappa shape index (κ2) is 7.93. The van der Waals surface area contributed by atoms with E-state index < -0.39 is 12.6 Å². The Kier molecular flexibility index (Phi) is 6.89. The van der Waals surface area contributed by atoms with Gasteiger partial charge in [-0.3, -0.25) is 0 Å².